The minimum absolute atomic E-state index is 0. The molecule has 0 aliphatic heterocycles. The second kappa shape index (κ2) is 11.2. The number of nitrogens with one attached hydrogen (secondary N) is 3. The first-order valence-corrected chi connectivity index (χ1v) is 9.49. The van der Waals surface area contributed by atoms with Crippen LogP contribution in [0.4, 0.5) is 0 Å². The van der Waals surface area contributed by atoms with E-state index in [0.717, 1.165) is 17.0 Å². The van der Waals surface area contributed by atoms with Gasteiger partial charge < -0.3 is 20.5 Å². The summed E-state index contributed by atoms with van der Waals surface area (Å²) in [5, 5.41) is 13.5. The smallest absolute Gasteiger partial charge is 0.251 e. The molecule has 0 aliphatic rings. The Morgan fingerprint density at radius 1 is 1.17 bits per heavy atom. The third-order valence-electron chi connectivity index (χ3n) is 3.96. The molecule has 3 N–H and O–H groups in total. The number of aliphatic imine (C=N–C) groups is 1. The minimum Gasteiger partial charge on any atom is -0.359 e. The van der Waals surface area contributed by atoms with Gasteiger partial charge in [0.25, 0.3) is 5.91 Å². The summed E-state index contributed by atoms with van der Waals surface area (Å²) >= 11 is 0. The lowest BCUT2D eigenvalue weighted by molar-refractivity contribution is 0.0919. The highest BCUT2D eigenvalue weighted by atomic mass is 127. The van der Waals surface area contributed by atoms with Crippen LogP contribution in [-0.4, -0.2) is 29.6 Å². The molecule has 0 saturated carbocycles. The van der Waals surface area contributed by atoms with E-state index in [4.69, 9.17) is 4.52 Å². The van der Waals surface area contributed by atoms with E-state index in [1.54, 1.807) is 7.05 Å². The average Bonchev–Trinajstić information content (AvgIpc) is 3.10. The van der Waals surface area contributed by atoms with Gasteiger partial charge in [-0.2, -0.15) is 0 Å². The van der Waals surface area contributed by atoms with E-state index < -0.39 is 0 Å². The number of hydrogen-bond acceptors (Lipinski definition) is 4. The molecule has 0 spiro atoms. The molecule has 1 aromatic heterocycles. The summed E-state index contributed by atoms with van der Waals surface area (Å²) in [6, 6.07) is 9.50. The zero-order valence-corrected chi connectivity index (χ0v) is 20.3. The van der Waals surface area contributed by atoms with Crippen LogP contribution in [0.2, 0.25) is 0 Å². The molecular formula is C21H32IN5O2. The van der Waals surface area contributed by atoms with Crippen LogP contribution < -0.4 is 16.0 Å². The van der Waals surface area contributed by atoms with Gasteiger partial charge in [0.2, 0.25) is 0 Å². The van der Waals surface area contributed by atoms with Crippen LogP contribution in [0.3, 0.4) is 0 Å². The van der Waals surface area contributed by atoms with Gasteiger partial charge in [0.15, 0.2) is 11.7 Å². The number of halogens is 1. The van der Waals surface area contributed by atoms with Crippen molar-refractivity contribution < 1.29 is 9.32 Å². The quantitative estimate of drug-likeness (QED) is 0.311. The number of nitrogens with zero attached hydrogens (tertiary/aromatic N) is 2. The average molecular weight is 513 g/mol. The molecule has 0 radical (unpaired) electrons. The van der Waals surface area contributed by atoms with Crippen molar-refractivity contribution in [2.24, 2.45) is 4.99 Å². The van der Waals surface area contributed by atoms with Gasteiger partial charge in [-0.3, -0.25) is 9.79 Å². The molecule has 1 aromatic carbocycles. The van der Waals surface area contributed by atoms with Crippen molar-refractivity contribution in [3.05, 3.63) is 52.9 Å². The third kappa shape index (κ3) is 8.43. The second-order valence-electron chi connectivity index (χ2n) is 8.06. The Labute approximate surface area is 190 Å². The van der Waals surface area contributed by atoms with Gasteiger partial charge in [-0.1, -0.05) is 31.1 Å². The summed E-state index contributed by atoms with van der Waals surface area (Å²) in [4.78, 5) is 16.6. The van der Waals surface area contributed by atoms with Crippen molar-refractivity contribution in [1.82, 2.24) is 21.1 Å². The van der Waals surface area contributed by atoms with Gasteiger partial charge in [0, 0.05) is 30.8 Å². The van der Waals surface area contributed by atoms with Crippen molar-refractivity contribution in [2.75, 3.05) is 7.05 Å². The van der Waals surface area contributed by atoms with Gasteiger partial charge in [-0.15, -0.1) is 24.0 Å². The molecule has 1 heterocycles. The molecule has 2 aromatic rings. The molecule has 0 aliphatic carbocycles. The number of rotatable bonds is 6. The molecule has 2 rings (SSSR count). The predicted molar refractivity (Wildman–Crippen MR) is 127 cm³/mol. The molecule has 7 nitrogen and oxygen atoms in total. The number of amides is 1. The number of aromatic nitrogens is 1. The molecule has 0 bridgehead atoms. The predicted octanol–water partition coefficient (Wildman–Crippen LogP) is 3.81. The standard InChI is InChI=1S/C21H31N5O2.HI/c1-14(2)18-11-17(28-26-18)13-24-20(22-6)23-12-15-8-7-9-16(10-15)19(27)25-21(3,4)5;/h7-11,14H,12-13H2,1-6H3,(H,25,27)(H2,22,23,24);1H. The van der Waals surface area contributed by atoms with Gasteiger partial charge in [-0.05, 0) is 44.4 Å². The highest BCUT2D eigenvalue weighted by molar-refractivity contribution is 14.0. The van der Waals surface area contributed by atoms with E-state index >= 15 is 0 Å². The molecule has 0 fully saturated rings. The van der Waals surface area contributed by atoms with Crippen LogP contribution >= 0.6 is 24.0 Å². The van der Waals surface area contributed by atoms with E-state index in [1.165, 1.54) is 0 Å². The first-order valence-electron chi connectivity index (χ1n) is 9.49. The van der Waals surface area contributed by atoms with E-state index in [0.29, 0.717) is 30.5 Å². The van der Waals surface area contributed by atoms with Gasteiger partial charge in [0.05, 0.1) is 12.2 Å². The summed E-state index contributed by atoms with van der Waals surface area (Å²) in [5.41, 5.74) is 2.30. The summed E-state index contributed by atoms with van der Waals surface area (Å²) in [6.07, 6.45) is 0. The van der Waals surface area contributed by atoms with Crippen LogP contribution in [0.25, 0.3) is 0 Å². The fourth-order valence-electron chi connectivity index (χ4n) is 2.50. The number of guanidine groups is 1. The minimum atomic E-state index is -0.270. The largest absolute Gasteiger partial charge is 0.359 e. The lowest BCUT2D eigenvalue weighted by Gasteiger charge is -2.20. The summed E-state index contributed by atoms with van der Waals surface area (Å²) in [5.74, 6) is 1.65. The van der Waals surface area contributed by atoms with Crippen molar-refractivity contribution in [2.45, 2.75) is 59.2 Å². The van der Waals surface area contributed by atoms with Gasteiger partial charge in [0.1, 0.15) is 0 Å². The molecule has 0 atom stereocenters. The Hall–Kier alpha value is -2.10. The van der Waals surface area contributed by atoms with Gasteiger partial charge in [-0.25, -0.2) is 0 Å². The van der Waals surface area contributed by atoms with E-state index in [-0.39, 0.29) is 35.4 Å². The van der Waals surface area contributed by atoms with Crippen LogP contribution in [0.15, 0.2) is 39.8 Å². The molecule has 0 unspecified atom stereocenters. The molecule has 0 saturated heterocycles. The van der Waals surface area contributed by atoms with Crippen molar-refractivity contribution in [3.63, 3.8) is 0 Å². The number of carbonyl (C=O) groups is 1. The number of hydrogen-bond donors (Lipinski definition) is 3. The van der Waals surface area contributed by atoms with Crippen LogP contribution in [0.5, 0.6) is 0 Å². The molecule has 160 valence electrons. The van der Waals surface area contributed by atoms with Crippen molar-refractivity contribution in [3.8, 4) is 0 Å². The Balaban J connectivity index is 0.00000420. The molecule has 8 heteroatoms. The van der Waals surface area contributed by atoms with E-state index in [1.807, 2.05) is 51.1 Å². The second-order valence-corrected chi connectivity index (χ2v) is 8.06. The Morgan fingerprint density at radius 3 is 2.45 bits per heavy atom. The normalized spacial score (nSPS) is 11.8. The monoisotopic (exact) mass is 513 g/mol. The SMILES string of the molecule is CN=C(NCc1cccc(C(=O)NC(C)(C)C)c1)NCc1cc(C(C)C)no1.I. The Bertz CT molecular complexity index is 824. The first-order chi connectivity index (χ1) is 13.2. The molecular weight excluding hydrogens is 481 g/mol. The first kappa shape index (κ1) is 24.9. The maximum Gasteiger partial charge on any atom is 0.251 e. The maximum absolute atomic E-state index is 12.3. The zero-order chi connectivity index (χ0) is 20.7. The zero-order valence-electron chi connectivity index (χ0n) is 18.0. The number of carbonyl (C=O) groups excluding carboxylic acids is 1. The number of benzene rings is 1. The lowest BCUT2D eigenvalue weighted by atomic mass is 10.1. The Morgan fingerprint density at radius 2 is 1.86 bits per heavy atom. The summed E-state index contributed by atoms with van der Waals surface area (Å²) in [6.45, 7) is 11.1. The maximum atomic E-state index is 12.3. The van der Waals surface area contributed by atoms with Crippen LogP contribution in [0, 0.1) is 0 Å². The highest BCUT2D eigenvalue weighted by Crippen LogP contribution is 2.13. The highest BCUT2D eigenvalue weighted by Gasteiger charge is 2.15. The fourth-order valence-corrected chi connectivity index (χ4v) is 2.50. The van der Waals surface area contributed by atoms with E-state index in [2.05, 4.69) is 39.9 Å². The van der Waals surface area contributed by atoms with E-state index in [9.17, 15) is 4.79 Å². The molecule has 1 amide bonds. The summed E-state index contributed by atoms with van der Waals surface area (Å²) < 4.78 is 5.33. The van der Waals surface area contributed by atoms with Crippen molar-refractivity contribution in [1.29, 1.82) is 0 Å². The Kier molecular flexibility index (Phi) is 9.61. The molecule has 29 heavy (non-hydrogen) atoms. The summed E-state index contributed by atoms with van der Waals surface area (Å²) in [7, 11) is 1.71. The third-order valence-corrected chi connectivity index (χ3v) is 3.96. The lowest BCUT2D eigenvalue weighted by Crippen LogP contribution is -2.40. The topological polar surface area (TPSA) is 91.5 Å². The fraction of sp³-hybridized carbons (Fsp3) is 0.476. The van der Waals surface area contributed by atoms with Crippen LogP contribution in [-0.2, 0) is 13.1 Å². The van der Waals surface area contributed by atoms with Crippen LogP contribution in [0.1, 0.15) is 67.9 Å². The van der Waals surface area contributed by atoms with Crippen molar-refractivity contribution >= 4 is 35.8 Å². The van der Waals surface area contributed by atoms with Gasteiger partial charge >= 0.3 is 0 Å².